The fourth-order valence-corrected chi connectivity index (χ4v) is 3.69. The monoisotopic (exact) mass is 295 g/mol. The van der Waals surface area contributed by atoms with Gasteiger partial charge in [-0.05, 0) is 23.6 Å². The molecular weight excluding hydrogens is 286 g/mol. The van der Waals surface area contributed by atoms with Crippen molar-refractivity contribution in [3.05, 3.63) is 65.7 Å². The van der Waals surface area contributed by atoms with Gasteiger partial charge >= 0.3 is 0 Å². The minimum absolute atomic E-state index is 0.742. The Hall–Kier alpha value is -1.90. The Bertz CT molecular complexity index is 926. The van der Waals surface area contributed by atoms with E-state index >= 15 is 0 Å². The summed E-state index contributed by atoms with van der Waals surface area (Å²) in [7, 11) is 0. The molecular formula is C17H10ClNS. The molecule has 0 amide bonds. The molecule has 1 aromatic heterocycles. The highest BCUT2D eigenvalue weighted by Gasteiger charge is 2.09. The van der Waals surface area contributed by atoms with Crippen molar-refractivity contribution in [2.24, 2.45) is 0 Å². The van der Waals surface area contributed by atoms with E-state index in [1.54, 1.807) is 11.3 Å². The Balaban J connectivity index is 2.01. The molecule has 96 valence electrons. The van der Waals surface area contributed by atoms with Gasteiger partial charge in [-0.3, -0.25) is 0 Å². The Morgan fingerprint density at radius 3 is 2.70 bits per heavy atom. The highest BCUT2D eigenvalue weighted by molar-refractivity contribution is 7.22. The number of aromatic nitrogens is 1. The number of hydrogen-bond donors (Lipinski definition) is 0. The maximum atomic E-state index is 6.07. The van der Waals surface area contributed by atoms with E-state index < -0.39 is 0 Å². The van der Waals surface area contributed by atoms with Crippen LogP contribution < -0.4 is 0 Å². The Labute approximate surface area is 125 Å². The van der Waals surface area contributed by atoms with Crippen molar-refractivity contribution in [3.63, 3.8) is 0 Å². The molecule has 0 bridgehead atoms. The molecule has 0 atom stereocenters. The second-order valence-electron chi connectivity index (χ2n) is 4.66. The largest absolute Gasteiger partial charge is 0.236 e. The molecule has 0 aliphatic carbocycles. The summed E-state index contributed by atoms with van der Waals surface area (Å²) < 4.78 is 1.23. The molecule has 1 nitrogen and oxygen atoms in total. The van der Waals surface area contributed by atoms with E-state index in [4.69, 9.17) is 16.6 Å². The molecule has 4 rings (SSSR count). The van der Waals surface area contributed by atoms with E-state index in [2.05, 4.69) is 36.4 Å². The van der Waals surface area contributed by atoms with Crippen LogP contribution in [0.1, 0.15) is 0 Å². The van der Waals surface area contributed by atoms with Gasteiger partial charge < -0.3 is 0 Å². The summed E-state index contributed by atoms with van der Waals surface area (Å²) in [5.41, 5.74) is 2.12. The molecule has 0 aliphatic rings. The number of benzene rings is 3. The van der Waals surface area contributed by atoms with E-state index in [9.17, 15) is 0 Å². The summed E-state index contributed by atoms with van der Waals surface area (Å²) >= 11 is 7.78. The first-order valence-electron chi connectivity index (χ1n) is 6.35. The third kappa shape index (κ3) is 1.89. The zero-order chi connectivity index (χ0) is 13.5. The lowest BCUT2D eigenvalue weighted by Gasteiger charge is -1.96. The van der Waals surface area contributed by atoms with Gasteiger partial charge in [-0.1, -0.05) is 54.1 Å². The third-order valence-electron chi connectivity index (χ3n) is 3.35. The second kappa shape index (κ2) is 4.58. The van der Waals surface area contributed by atoms with Gasteiger partial charge in [0.05, 0.1) is 10.2 Å². The molecule has 1 heterocycles. The quantitative estimate of drug-likeness (QED) is 0.434. The van der Waals surface area contributed by atoms with Crippen LogP contribution in [0.4, 0.5) is 0 Å². The highest BCUT2D eigenvalue weighted by Crippen LogP contribution is 2.35. The normalized spacial score (nSPS) is 11.2. The first-order valence-corrected chi connectivity index (χ1v) is 7.55. The predicted octanol–water partition coefficient (Wildman–Crippen LogP) is 5.77. The molecule has 20 heavy (non-hydrogen) atoms. The molecule has 0 radical (unpaired) electrons. The average molecular weight is 296 g/mol. The van der Waals surface area contributed by atoms with E-state index in [-0.39, 0.29) is 0 Å². The topological polar surface area (TPSA) is 12.9 Å². The van der Waals surface area contributed by atoms with Crippen molar-refractivity contribution < 1.29 is 0 Å². The van der Waals surface area contributed by atoms with Crippen molar-refractivity contribution in [2.75, 3.05) is 0 Å². The maximum Gasteiger partial charge on any atom is 0.124 e. The second-order valence-corrected chi connectivity index (χ2v) is 6.10. The SMILES string of the molecule is Clc1cccc(-c2nc3ccc4ccccc4c3s2)c1. The van der Waals surface area contributed by atoms with Gasteiger partial charge in [-0.15, -0.1) is 11.3 Å². The summed E-state index contributed by atoms with van der Waals surface area (Å²) in [6.07, 6.45) is 0. The predicted molar refractivity (Wildman–Crippen MR) is 87.6 cm³/mol. The van der Waals surface area contributed by atoms with Gasteiger partial charge in [-0.25, -0.2) is 4.98 Å². The molecule has 0 aliphatic heterocycles. The summed E-state index contributed by atoms with van der Waals surface area (Å²) in [6, 6.07) is 20.5. The van der Waals surface area contributed by atoms with Gasteiger partial charge in [-0.2, -0.15) is 0 Å². The van der Waals surface area contributed by atoms with Gasteiger partial charge in [0.2, 0.25) is 0 Å². The Kier molecular flexibility index (Phi) is 2.72. The van der Waals surface area contributed by atoms with Crippen LogP contribution in [0.5, 0.6) is 0 Å². The van der Waals surface area contributed by atoms with Crippen LogP contribution in [-0.2, 0) is 0 Å². The lowest BCUT2D eigenvalue weighted by molar-refractivity contribution is 1.48. The molecule has 0 saturated heterocycles. The Morgan fingerprint density at radius 1 is 0.900 bits per heavy atom. The molecule has 0 unspecified atom stereocenters. The van der Waals surface area contributed by atoms with Crippen LogP contribution >= 0.6 is 22.9 Å². The number of hydrogen-bond acceptors (Lipinski definition) is 2. The zero-order valence-electron chi connectivity index (χ0n) is 10.5. The van der Waals surface area contributed by atoms with Crippen LogP contribution in [0, 0.1) is 0 Å². The van der Waals surface area contributed by atoms with Gasteiger partial charge in [0.1, 0.15) is 5.01 Å². The van der Waals surface area contributed by atoms with Crippen molar-refractivity contribution in [1.82, 2.24) is 4.98 Å². The van der Waals surface area contributed by atoms with Crippen LogP contribution in [0.15, 0.2) is 60.7 Å². The first kappa shape index (κ1) is 11.9. The van der Waals surface area contributed by atoms with Gasteiger partial charge in [0, 0.05) is 16.0 Å². The number of nitrogens with zero attached hydrogens (tertiary/aromatic N) is 1. The standard InChI is InChI=1S/C17H10ClNS/c18-13-6-3-5-12(10-13)17-19-15-9-8-11-4-1-2-7-14(11)16(15)20-17/h1-10H. The minimum atomic E-state index is 0.742. The maximum absolute atomic E-state index is 6.07. The lowest BCUT2D eigenvalue weighted by atomic mass is 10.1. The van der Waals surface area contributed by atoms with Crippen LogP contribution in [0.2, 0.25) is 5.02 Å². The van der Waals surface area contributed by atoms with Crippen molar-refractivity contribution in [2.45, 2.75) is 0 Å². The lowest BCUT2D eigenvalue weighted by Crippen LogP contribution is -1.75. The van der Waals surface area contributed by atoms with Crippen molar-refractivity contribution >= 4 is 43.9 Å². The highest BCUT2D eigenvalue weighted by atomic mass is 35.5. The van der Waals surface area contributed by atoms with E-state index in [1.807, 2.05) is 24.3 Å². The number of thiazole rings is 1. The number of fused-ring (bicyclic) bond motifs is 3. The van der Waals surface area contributed by atoms with E-state index in [0.29, 0.717) is 0 Å². The summed E-state index contributed by atoms with van der Waals surface area (Å²) in [5, 5.41) is 4.27. The zero-order valence-corrected chi connectivity index (χ0v) is 12.1. The number of halogens is 1. The smallest absolute Gasteiger partial charge is 0.124 e. The van der Waals surface area contributed by atoms with Crippen LogP contribution in [-0.4, -0.2) is 4.98 Å². The summed E-state index contributed by atoms with van der Waals surface area (Å²) in [5.74, 6) is 0. The first-order chi connectivity index (χ1) is 9.81. The minimum Gasteiger partial charge on any atom is -0.236 e. The average Bonchev–Trinajstić information content (AvgIpc) is 2.92. The summed E-state index contributed by atoms with van der Waals surface area (Å²) in [6.45, 7) is 0. The molecule has 0 fully saturated rings. The van der Waals surface area contributed by atoms with Gasteiger partial charge in [0.25, 0.3) is 0 Å². The molecule has 0 N–H and O–H groups in total. The molecule has 4 aromatic rings. The van der Waals surface area contributed by atoms with Crippen LogP contribution in [0.3, 0.4) is 0 Å². The molecule has 0 spiro atoms. The van der Waals surface area contributed by atoms with Gasteiger partial charge in [0.15, 0.2) is 0 Å². The summed E-state index contributed by atoms with van der Waals surface area (Å²) in [4.78, 5) is 4.73. The van der Waals surface area contributed by atoms with Crippen LogP contribution in [0.25, 0.3) is 31.6 Å². The number of rotatable bonds is 1. The molecule has 3 heteroatoms. The van der Waals surface area contributed by atoms with Crippen molar-refractivity contribution in [1.29, 1.82) is 0 Å². The van der Waals surface area contributed by atoms with E-state index in [0.717, 1.165) is 21.1 Å². The Morgan fingerprint density at radius 2 is 1.80 bits per heavy atom. The third-order valence-corrected chi connectivity index (χ3v) is 4.74. The fourth-order valence-electron chi connectivity index (χ4n) is 2.40. The van der Waals surface area contributed by atoms with Crippen molar-refractivity contribution in [3.8, 4) is 10.6 Å². The fraction of sp³-hybridized carbons (Fsp3) is 0. The molecule has 0 saturated carbocycles. The molecule has 3 aromatic carbocycles. The van der Waals surface area contributed by atoms with E-state index in [1.165, 1.54) is 15.5 Å².